The number of phenols is 1. The molecule has 1 aromatic carbocycles. The first-order chi connectivity index (χ1) is 10.3. The Morgan fingerprint density at radius 2 is 1.86 bits per heavy atom. The molecule has 124 valence electrons. The van der Waals surface area contributed by atoms with Crippen LogP contribution in [0.15, 0.2) is 24.3 Å². The van der Waals surface area contributed by atoms with Crippen molar-refractivity contribution in [3.8, 4) is 5.75 Å². The van der Waals surface area contributed by atoms with E-state index < -0.39 is 6.10 Å². The summed E-state index contributed by atoms with van der Waals surface area (Å²) in [5.41, 5.74) is 0.505. The van der Waals surface area contributed by atoms with Gasteiger partial charge in [0.05, 0.1) is 6.10 Å². The molecule has 0 aliphatic carbocycles. The predicted octanol–water partition coefficient (Wildman–Crippen LogP) is 1.46. The van der Waals surface area contributed by atoms with E-state index in [4.69, 9.17) is 0 Å². The topological polar surface area (TPSA) is 84.8 Å². The van der Waals surface area contributed by atoms with Gasteiger partial charge in [-0.15, -0.1) is 0 Å². The predicted molar refractivity (Wildman–Crippen MR) is 86.9 cm³/mol. The molecule has 0 bridgehead atoms. The second-order valence-corrected chi connectivity index (χ2v) is 6.00. The number of aliphatic hydroxyl groups is 1. The zero-order valence-electron chi connectivity index (χ0n) is 13.8. The lowest BCUT2D eigenvalue weighted by Gasteiger charge is -2.34. The molecule has 6 heteroatoms. The van der Waals surface area contributed by atoms with Crippen LogP contribution in [0.4, 0.5) is 4.79 Å². The van der Waals surface area contributed by atoms with Crippen molar-refractivity contribution in [1.29, 1.82) is 0 Å². The normalized spacial score (nSPS) is 13.0. The number of carbonyl (C=O) groups is 1. The number of hydrogen-bond donors (Lipinski definition) is 4. The number of urea groups is 1. The molecule has 1 atom stereocenters. The molecule has 2 amide bonds. The first kappa shape index (κ1) is 18.3. The van der Waals surface area contributed by atoms with E-state index in [0.29, 0.717) is 12.1 Å². The number of amides is 2. The maximum atomic E-state index is 11.8. The average molecular weight is 309 g/mol. The average Bonchev–Trinajstić information content (AvgIpc) is 2.50. The molecule has 22 heavy (non-hydrogen) atoms. The molecule has 0 saturated carbocycles. The van der Waals surface area contributed by atoms with E-state index in [1.54, 1.807) is 12.1 Å². The highest BCUT2D eigenvalue weighted by atomic mass is 16.3. The Morgan fingerprint density at radius 3 is 2.41 bits per heavy atom. The van der Waals surface area contributed by atoms with Crippen molar-refractivity contribution in [2.45, 2.75) is 32.4 Å². The standard InChI is InChI=1S/C16H27N3O3/c1-5-19(4)16(2,3)11-18-15(22)17-10-14(21)12-6-8-13(20)9-7-12/h6-9,14,20-21H,5,10-11H2,1-4H3,(H2,17,18,22). The van der Waals surface area contributed by atoms with Crippen molar-refractivity contribution in [1.82, 2.24) is 15.5 Å². The number of hydrogen-bond acceptors (Lipinski definition) is 4. The van der Waals surface area contributed by atoms with Gasteiger partial charge in [0.15, 0.2) is 0 Å². The summed E-state index contributed by atoms with van der Waals surface area (Å²) in [4.78, 5) is 14.0. The van der Waals surface area contributed by atoms with E-state index in [9.17, 15) is 15.0 Å². The van der Waals surface area contributed by atoms with Gasteiger partial charge in [-0.25, -0.2) is 4.79 Å². The number of likely N-dealkylation sites (N-methyl/N-ethyl adjacent to an activating group) is 1. The number of aromatic hydroxyl groups is 1. The van der Waals surface area contributed by atoms with Crippen molar-refractivity contribution >= 4 is 6.03 Å². The van der Waals surface area contributed by atoms with Crippen LogP contribution in [0.1, 0.15) is 32.4 Å². The molecule has 1 unspecified atom stereocenters. The fourth-order valence-corrected chi connectivity index (χ4v) is 1.93. The first-order valence-electron chi connectivity index (χ1n) is 7.46. The van der Waals surface area contributed by atoms with Gasteiger partial charge in [-0.1, -0.05) is 19.1 Å². The Balaban J connectivity index is 2.38. The van der Waals surface area contributed by atoms with Gasteiger partial charge in [-0.05, 0) is 45.1 Å². The van der Waals surface area contributed by atoms with Gasteiger partial charge in [-0.2, -0.15) is 0 Å². The van der Waals surface area contributed by atoms with Crippen molar-refractivity contribution in [2.75, 3.05) is 26.7 Å². The minimum atomic E-state index is -0.808. The van der Waals surface area contributed by atoms with E-state index in [2.05, 4.69) is 36.3 Å². The van der Waals surface area contributed by atoms with Crippen molar-refractivity contribution < 1.29 is 15.0 Å². The summed E-state index contributed by atoms with van der Waals surface area (Å²) in [5, 5.41) is 24.6. The van der Waals surface area contributed by atoms with E-state index in [1.165, 1.54) is 12.1 Å². The van der Waals surface area contributed by atoms with Gasteiger partial charge >= 0.3 is 6.03 Å². The van der Waals surface area contributed by atoms with Crippen LogP contribution in [0.25, 0.3) is 0 Å². The van der Waals surface area contributed by atoms with Crippen molar-refractivity contribution in [3.05, 3.63) is 29.8 Å². The quantitative estimate of drug-likeness (QED) is 0.614. The number of phenolic OH excluding ortho intramolecular Hbond substituents is 1. The van der Waals surface area contributed by atoms with Crippen LogP contribution in [0, 0.1) is 0 Å². The monoisotopic (exact) mass is 309 g/mol. The van der Waals surface area contributed by atoms with Crippen LogP contribution in [0.5, 0.6) is 5.75 Å². The molecule has 6 nitrogen and oxygen atoms in total. The summed E-state index contributed by atoms with van der Waals surface area (Å²) < 4.78 is 0. The second kappa shape index (κ2) is 8.00. The number of rotatable bonds is 7. The van der Waals surface area contributed by atoms with Crippen LogP contribution in [-0.2, 0) is 0 Å². The van der Waals surface area contributed by atoms with Gasteiger partial charge in [0.2, 0.25) is 0 Å². The number of nitrogens with zero attached hydrogens (tertiary/aromatic N) is 1. The highest BCUT2D eigenvalue weighted by Crippen LogP contribution is 2.16. The van der Waals surface area contributed by atoms with Gasteiger partial charge in [0, 0.05) is 18.6 Å². The maximum absolute atomic E-state index is 11.8. The molecule has 0 spiro atoms. The molecule has 0 aromatic heterocycles. The molecule has 1 rings (SSSR count). The molecule has 1 aromatic rings. The molecule has 0 heterocycles. The molecule has 0 saturated heterocycles. The SMILES string of the molecule is CCN(C)C(C)(C)CNC(=O)NCC(O)c1ccc(O)cc1. The van der Waals surface area contributed by atoms with Crippen LogP contribution in [0.3, 0.4) is 0 Å². The van der Waals surface area contributed by atoms with E-state index in [-0.39, 0.29) is 23.9 Å². The number of carbonyl (C=O) groups excluding carboxylic acids is 1. The third-order valence-corrected chi connectivity index (χ3v) is 3.92. The highest BCUT2D eigenvalue weighted by molar-refractivity contribution is 5.73. The maximum Gasteiger partial charge on any atom is 0.314 e. The van der Waals surface area contributed by atoms with Crippen LogP contribution in [-0.4, -0.2) is 53.4 Å². The first-order valence-corrected chi connectivity index (χ1v) is 7.46. The largest absolute Gasteiger partial charge is 0.508 e. The lowest BCUT2D eigenvalue weighted by atomic mass is 10.0. The summed E-state index contributed by atoms with van der Waals surface area (Å²) in [5.74, 6) is 0.143. The number of aliphatic hydroxyl groups excluding tert-OH is 1. The van der Waals surface area contributed by atoms with Crippen LogP contribution in [0.2, 0.25) is 0 Å². The molecule has 0 radical (unpaired) electrons. The zero-order chi connectivity index (χ0) is 16.8. The summed E-state index contributed by atoms with van der Waals surface area (Å²) >= 11 is 0. The molecule has 0 fully saturated rings. The Kier molecular flexibility index (Phi) is 6.64. The summed E-state index contributed by atoms with van der Waals surface area (Å²) in [6.07, 6.45) is -0.808. The highest BCUT2D eigenvalue weighted by Gasteiger charge is 2.22. The third-order valence-electron chi connectivity index (χ3n) is 3.92. The third kappa shape index (κ3) is 5.54. The number of benzene rings is 1. The fraction of sp³-hybridized carbons (Fsp3) is 0.562. The van der Waals surface area contributed by atoms with Crippen molar-refractivity contribution in [3.63, 3.8) is 0 Å². The summed E-state index contributed by atoms with van der Waals surface area (Å²) in [7, 11) is 2.01. The molecule has 0 aliphatic rings. The molecule has 0 aliphatic heterocycles. The Labute approximate surface area is 132 Å². The van der Waals surface area contributed by atoms with Crippen LogP contribution < -0.4 is 10.6 Å². The minimum Gasteiger partial charge on any atom is -0.508 e. The smallest absolute Gasteiger partial charge is 0.314 e. The van der Waals surface area contributed by atoms with Crippen molar-refractivity contribution in [2.24, 2.45) is 0 Å². The van der Waals surface area contributed by atoms with E-state index >= 15 is 0 Å². The zero-order valence-corrected chi connectivity index (χ0v) is 13.8. The number of nitrogens with one attached hydrogen (secondary N) is 2. The van der Waals surface area contributed by atoms with Gasteiger partial charge in [-0.3, -0.25) is 4.90 Å². The Hall–Kier alpha value is -1.79. The second-order valence-electron chi connectivity index (χ2n) is 6.00. The van der Waals surface area contributed by atoms with Crippen LogP contribution >= 0.6 is 0 Å². The molecular weight excluding hydrogens is 282 g/mol. The van der Waals surface area contributed by atoms with E-state index in [0.717, 1.165) is 6.54 Å². The summed E-state index contributed by atoms with van der Waals surface area (Å²) in [6, 6.07) is 5.94. The fourth-order valence-electron chi connectivity index (χ4n) is 1.93. The van der Waals surface area contributed by atoms with Gasteiger partial charge < -0.3 is 20.8 Å². The van der Waals surface area contributed by atoms with E-state index in [1.807, 2.05) is 7.05 Å². The summed E-state index contributed by atoms with van der Waals surface area (Å²) in [6.45, 7) is 7.70. The minimum absolute atomic E-state index is 0.112. The Bertz CT molecular complexity index is 474. The van der Waals surface area contributed by atoms with Gasteiger partial charge in [0.1, 0.15) is 5.75 Å². The Morgan fingerprint density at radius 1 is 1.27 bits per heavy atom. The lowest BCUT2D eigenvalue weighted by molar-refractivity contribution is 0.156. The molecule has 4 N–H and O–H groups in total. The van der Waals surface area contributed by atoms with Gasteiger partial charge in [0.25, 0.3) is 0 Å². The molecular formula is C16H27N3O3. The lowest BCUT2D eigenvalue weighted by Crippen LogP contribution is -2.51.